The van der Waals surface area contributed by atoms with E-state index in [-0.39, 0.29) is 18.4 Å². The van der Waals surface area contributed by atoms with Crippen LogP contribution < -0.4 is 10.1 Å². The predicted octanol–water partition coefficient (Wildman–Crippen LogP) is 2.86. The first kappa shape index (κ1) is 28.6. The van der Waals surface area contributed by atoms with E-state index in [1.165, 1.54) is 7.11 Å². The lowest BCUT2D eigenvalue weighted by Gasteiger charge is -2.18. The number of benzene rings is 2. The largest absolute Gasteiger partial charge is 0.492 e. The average Bonchev–Trinajstić information content (AvgIpc) is 2.81. The lowest BCUT2D eigenvalue weighted by molar-refractivity contribution is -0.139. The maximum atomic E-state index is 11.2. The van der Waals surface area contributed by atoms with E-state index < -0.39 is 18.0 Å². The van der Waals surface area contributed by atoms with Crippen molar-refractivity contribution in [2.24, 2.45) is 0 Å². The van der Waals surface area contributed by atoms with Gasteiger partial charge < -0.3 is 30.1 Å². The molecular weight excluding hydrogens is 466 g/mol. The highest BCUT2D eigenvalue weighted by Gasteiger charge is 2.10. The zero-order valence-electron chi connectivity index (χ0n) is 18.8. The van der Waals surface area contributed by atoms with Gasteiger partial charge in [0.25, 0.3) is 0 Å². The molecule has 4 N–H and O–H groups in total. The first-order valence-corrected chi connectivity index (χ1v) is 10.6. The SMILES string of the molecule is COC(=O)Cc1ccc(OCC(C)NCC(O)c2cccc(Cl)c2)cc1.O=C(O)/C=C/C(=O)O. The molecule has 34 heavy (non-hydrogen) atoms. The number of nitrogens with one attached hydrogen (secondary N) is 1. The number of halogens is 1. The number of carbonyl (C=O) groups is 3. The molecule has 0 spiro atoms. The van der Waals surface area contributed by atoms with Crippen molar-refractivity contribution in [1.29, 1.82) is 0 Å². The number of ether oxygens (including phenoxy) is 2. The van der Waals surface area contributed by atoms with Gasteiger partial charge in [0.05, 0.1) is 19.6 Å². The summed E-state index contributed by atoms with van der Waals surface area (Å²) in [5, 5.41) is 29.7. The number of carbonyl (C=O) groups excluding carboxylic acids is 1. The summed E-state index contributed by atoms with van der Waals surface area (Å²) in [6.45, 7) is 2.85. The molecule has 0 bridgehead atoms. The average molecular weight is 494 g/mol. The summed E-state index contributed by atoms with van der Waals surface area (Å²) in [6.07, 6.45) is 0.731. The Morgan fingerprint density at radius 3 is 2.21 bits per heavy atom. The van der Waals surface area contributed by atoms with E-state index in [1.54, 1.807) is 12.1 Å². The van der Waals surface area contributed by atoms with Gasteiger partial charge in [0.1, 0.15) is 12.4 Å². The van der Waals surface area contributed by atoms with Crippen molar-refractivity contribution in [3.05, 3.63) is 76.8 Å². The molecule has 2 aromatic rings. The molecule has 0 aliphatic carbocycles. The summed E-state index contributed by atoms with van der Waals surface area (Å²) in [7, 11) is 1.37. The quantitative estimate of drug-likeness (QED) is 0.274. The summed E-state index contributed by atoms with van der Waals surface area (Å²) >= 11 is 5.94. The molecule has 0 saturated carbocycles. The van der Waals surface area contributed by atoms with Crippen LogP contribution in [0.1, 0.15) is 24.2 Å². The Labute approximate surface area is 202 Å². The Balaban J connectivity index is 0.000000620. The number of rotatable bonds is 11. The van der Waals surface area contributed by atoms with Crippen LogP contribution in [-0.2, 0) is 25.5 Å². The number of esters is 1. The third kappa shape index (κ3) is 12.6. The Bertz CT molecular complexity index is 946. The predicted molar refractivity (Wildman–Crippen MR) is 126 cm³/mol. The molecule has 184 valence electrons. The van der Waals surface area contributed by atoms with E-state index in [1.807, 2.05) is 43.3 Å². The molecular formula is C24H28ClNO8. The molecule has 0 aliphatic rings. The fourth-order valence-electron chi connectivity index (χ4n) is 2.51. The van der Waals surface area contributed by atoms with Crippen LogP contribution in [0.5, 0.6) is 5.75 Å². The molecule has 0 fully saturated rings. The second kappa shape index (κ2) is 15.4. The number of hydrogen-bond acceptors (Lipinski definition) is 7. The molecule has 9 nitrogen and oxygen atoms in total. The van der Waals surface area contributed by atoms with E-state index in [9.17, 15) is 19.5 Å². The monoisotopic (exact) mass is 493 g/mol. The van der Waals surface area contributed by atoms with Crippen LogP contribution in [-0.4, -0.2) is 59.5 Å². The van der Waals surface area contributed by atoms with Gasteiger partial charge in [0.15, 0.2) is 0 Å². The fourth-order valence-corrected chi connectivity index (χ4v) is 2.71. The van der Waals surface area contributed by atoms with Crippen LogP contribution in [0.4, 0.5) is 0 Å². The first-order valence-electron chi connectivity index (χ1n) is 10.2. The van der Waals surface area contributed by atoms with Crippen molar-refractivity contribution < 1.29 is 39.2 Å². The van der Waals surface area contributed by atoms with Crippen LogP contribution in [0.3, 0.4) is 0 Å². The second-order valence-corrected chi connectivity index (χ2v) is 7.53. The molecule has 2 rings (SSSR count). The maximum Gasteiger partial charge on any atom is 0.328 e. The van der Waals surface area contributed by atoms with Gasteiger partial charge in [0, 0.05) is 29.8 Å². The fraction of sp³-hybridized carbons (Fsp3) is 0.292. The van der Waals surface area contributed by atoms with Gasteiger partial charge >= 0.3 is 17.9 Å². The van der Waals surface area contributed by atoms with E-state index in [0.29, 0.717) is 30.3 Å². The zero-order chi connectivity index (χ0) is 25.5. The minimum absolute atomic E-state index is 0.0542. The number of methoxy groups -OCH3 is 1. The number of carboxylic acid groups (broad SMARTS) is 2. The van der Waals surface area contributed by atoms with Gasteiger partial charge in [0.2, 0.25) is 0 Å². The number of aliphatic hydroxyl groups is 1. The van der Waals surface area contributed by atoms with Crippen molar-refractivity contribution >= 4 is 29.5 Å². The van der Waals surface area contributed by atoms with E-state index >= 15 is 0 Å². The van der Waals surface area contributed by atoms with Gasteiger partial charge in [-0.2, -0.15) is 0 Å². The topological polar surface area (TPSA) is 142 Å². The van der Waals surface area contributed by atoms with Crippen molar-refractivity contribution in [1.82, 2.24) is 5.32 Å². The standard InChI is InChI=1S/C20H24ClNO4.C4H4O4/c1-14(22-12-19(23)16-4-3-5-17(21)11-16)13-26-18-8-6-15(7-9-18)10-20(24)25-2;5-3(6)1-2-4(7)8/h3-9,11,14,19,22-23H,10,12-13H2,1-2H3;1-2H,(H,5,6)(H,7,8)/b;2-1+. The van der Waals surface area contributed by atoms with Crippen LogP contribution in [0.15, 0.2) is 60.7 Å². The molecule has 10 heteroatoms. The van der Waals surface area contributed by atoms with Crippen LogP contribution in [0.25, 0.3) is 0 Å². The van der Waals surface area contributed by atoms with Gasteiger partial charge in [-0.1, -0.05) is 35.9 Å². The Morgan fingerprint density at radius 2 is 1.68 bits per heavy atom. The molecule has 2 unspecified atom stereocenters. The van der Waals surface area contributed by atoms with E-state index in [2.05, 4.69) is 10.1 Å². The van der Waals surface area contributed by atoms with E-state index in [0.717, 1.165) is 16.9 Å². The molecule has 0 aromatic heterocycles. The molecule has 0 radical (unpaired) electrons. The summed E-state index contributed by atoms with van der Waals surface area (Å²) in [4.78, 5) is 30.3. The number of aliphatic carboxylic acids is 2. The highest BCUT2D eigenvalue weighted by atomic mass is 35.5. The maximum absolute atomic E-state index is 11.2. The summed E-state index contributed by atoms with van der Waals surface area (Å²) in [6, 6.07) is 14.6. The Morgan fingerprint density at radius 1 is 1.06 bits per heavy atom. The highest BCUT2D eigenvalue weighted by Crippen LogP contribution is 2.17. The van der Waals surface area contributed by atoms with Gasteiger partial charge in [-0.05, 0) is 42.3 Å². The summed E-state index contributed by atoms with van der Waals surface area (Å²) < 4.78 is 10.4. The van der Waals surface area contributed by atoms with Crippen molar-refractivity contribution in [2.45, 2.75) is 25.5 Å². The molecule has 0 heterocycles. The number of hydrogen-bond donors (Lipinski definition) is 4. The molecule has 2 atom stereocenters. The zero-order valence-corrected chi connectivity index (χ0v) is 19.6. The third-order valence-corrected chi connectivity index (χ3v) is 4.50. The molecule has 2 aromatic carbocycles. The van der Waals surface area contributed by atoms with Crippen LogP contribution in [0, 0.1) is 0 Å². The normalized spacial score (nSPS) is 12.2. The number of carboxylic acids is 2. The van der Waals surface area contributed by atoms with Crippen molar-refractivity contribution in [2.75, 3.05) is 20.3 Å². The summed E-state index contributed by atoms with van der Waals surface area (Å²) in [5.74, 6) is -2.06. The lowest BCUT2D eigenvalue weighted by atomic mass is 10.1. The smallest absolute Gasteiger partial charge is 0.328 e. The van der Waals surface area contributed by atoms with Gasteiger partial charge in [-0.15, -0.1) is 0 Å². The minimum atomic E-state index is -1.26. The summed E-state index contributed by atoms with van der Waals surface area (Å²) in [5.41, 5.74) is 1.65. The first-order chi connectivity index (χ1) is 16.1. The number of aliphatic hydroxyl groups excluding tert-OH is 1. The van der Waals surface area contributed by atoms with Crippen molar-refractivity contribution in [3.63, 3.8) is 0 Å². The molecule has 0 amide bonds. The molecule has 0 saturated heterocycles. The van der Waals surface area contributed by atoms with Crippen LogP contribution >= 0.6 is 11.6 Å². The third-order valence-electron chi connectivity index (χ3n) is 4.26. The lowest BCUT2D eigenvalue weighted by Crippen LogP contribution is -2.34. The Hall–Kier alpha value is -3.40. The van der Waals surface area contributed by atoms with Crippen molar-refractivity contribution in [3.8, 4) is 5.75 Å². The highest BCUT2D eigenvalue weighted by molar-refractivity contribution is 6.30. The van der Waals surface area contributed by atoms with Gasteiger partial charge in [-0.3, -0.25) is 4.79 Å². The van der Waals surface area contributed by atoms with E-state index in [4.69, 9.17) is 26.6 Å². The van der Waals surface area contributed by atoms with Gasteiger partial charge in [-0.25, -0.2) is 9.59 Å². The second-order valence-electron chi connectivity index (χ2n) is 7.10. The molecule has 0 aliphatic heterocycles. The minimum Gasteiger partial charge on any atom is -0.492 e. The van der Waals surface area contributed by atoms with Crippen LogP contribution in [0.2, 0.25) is 5.02 Å². The Kier molecular flexibility index (Phi) is 13.0.